The summed E-state index contributed by atoms with van der Waals surface area (Å²) in [5.74, 6) is 0. The molecule has 0 heterocycles. The van der Waals surface area contributed by atoms with Crippen molar-refractivity contribution in [2.45, 2.75) is 38.7 Å². The molecule has 0 spiro atoms. The van der Waals surface area contributed by atoms with Crippen LogP contribution in [0.15, 0.2) is 18.2 Å². The predicted molar refractivity (Wildman–Crippen MR) is 63.2 cm³/mol. The summed E-state index contributed by atoms with van der Waals surface area (Å²) in [5, 5.41) is 13.3. The van der Waals surface area contributed by atoms with E-state index in [0.29, 0.717) is 6.54 Å². The van der Waals surface area contributed by atoms with Gasteiger partial charge in [0, 0.05) is 12.2 Å². The van der Waals surface area contributed by atoms with Crippen molar-refractivity contribution in [3.63, 3.8) is 0 Å². The van der Waals surface area contributed by atoms with Gasteiger partial charge in [0.05, 0.1) is 5.60 Å². The van der Waals surface area contributed by atoms with Gasteiger partial charge in [0.15, 0.2) is 0 Å². The zero-order valence-electron chi connectivity index (χ0n) is 9.51. The highest BCUT2D eigenvalue weighted by atomic mass is 16.3. The van der Waals surface area contributed by atoms with Crippen LogP contribution in [0.4, 0.5) is 5.69 Å². The molecule has 1 aliphatic carbocycles. The first-order chi connectivity index (χ1) is 7.09. The number of anilines is 1. The fourth-order valence-electron chi connectivity index (χ4n) is 1.95. The quantitative estimate of drug-likeness (QED) is 0.795. The maximum atomic E-state index is 9.97. The summed E-state index contributed by atoms with van der Waals surface area (Å²) in [5.41, 5.74) is 3.19. The van der Waals surface area contributed by atoms with Crippen molar-refractivity contribution in [3.05, 3.63) is 29.3 Å². The van der Waals surface area contributed by atoms with Gasteiger partial charge >= 0.3 is 0 Å². The fraction of sp³-hybridized carbons (Fsp3) is 0.538. The maximum absolute atomic E-state index is 9.97. The standard InChI is InChI=1S/C13H19NO/c1-10-4-5-11(2)12(8-10)14-9-13(15)6-3-7-13/h4-5,8,14-15H,3,6-7,9H2,1-2H3. The van der Waals surface area contributed by atoms with Crippen LogP contribution in [0.5, 0.6) is 0 Å². The van der Waals surface area contributed by atoms with Crippen molar-refractivity contribution in [1.82, 2.24) is 0 Å². The van der Waals surface area contributed by atoms with E-state index in [9.17, 15) is 5.11 Å². The van der Waals surface area contributed by atoms with Crippen molar-refractivity contribution in [2.24, 2.45) is 0 Å². The molecule has 1 fully saturated rings. The molecular formula is C13H19NO. The molecule has 0 saturated heterocycles. The molecule has 15 heavy (non-hydrogen) atoms. The molecular weight excluding hydrogens is 186 g/mol. The lowest BCUT2D eigenvalue weighted by atomic mass is 9.80. The number of hydrogen-bond donors (Lipinski definition) is 2. The molecule has 2 N–H and O–H groups in total. The summed E-state index contributed by atoms with van der Waals surface area (Å²) in [4.78, 5) is 0. The third kappa shape index (κ3) is 2.32. The van der Waals surface area contributed by atoms with Gasteiger partial charge in [-0.1, -0.05) is 12.1 Å². The molecule has 1 saturated carbocycles. The van der Waals surface area contributed by atoms with E-state index in [1.54, 1.807) is 0 Å². The van der Waals surface area contributed by atoms with Gasteiger partial charge in [0.25, 0.3) is 0 Å². The summed E-state index contributed by atoms with van der Waals surface area (Å²) in [6.07, 6.45) is 3.03. The molecule has 0 aliphatic heterocycles. The lowest BCUT2D eigenvalue weighted by molar-refractivity contribution is -0.0202. The molecule has 1 aromatic rings. The lowest BCUT2D eigenvalue weighted by Crippen LogP contribution is -2.43. The second-order valence-corrected chi connectivity index (χ2v) is 4.75. The average molecular weight is 205 g/mol. The van der Waals surface area contributed by atoms with Gasteiger partial charge in [-0.2, -0.15) is 0 Å². The van der Waals surface area contributed by atoms with E-state index < -0.39 is 5.60 Å². The molecule has 1 aliphatic rings. The van der Waals surface area contributed by atoms with E-state index >= 15 is 0 Å². The van der Waals surface area contributed by atoms with E-state index in [1.165, 1.54) is 11.1 Å². The molecule has 0 bridgehead atoms. The van der Waals surface area contributed by atoms with E-state index in [4.69, 9.17) is 0 Å². The Morgan fingerprint density at radius 3 is 2.67 bits per heavy atom. The smallest absolute Gasteiger partial charge is 0.0819 e. The number of aryl methyl sites for hydroxylation is 2. The molecule has 0 unspecified atom stereocenters. The topological polar surface area (TPSA) is 32.3 Å². The first-order valence-corrected chi connectivity index (χ1v) is 5.63. The van der Waals surface area contributed by atoms with Gasteiger partial charge in [0.1, 0.15) is 0 Å². The van der Waals surface area contributed by atoms with Crippen molar-refractivity contribution < 1.29 is 5.11 Å². The van der Waals surface area contributed by atoms with E-state index in [-0.39, 0.29) is 0 Å². The van der Waals surface area contributed by atoms with Gasteiger partial charge in [-0.3, -0.25) is 0 Å². The maximum Gasteiger partial charge on any atom is 0.0819 e. The zero-order chi connectivity index (χ0) is 10.9. The van der Waals surface area contributed by atoms with Crippen LogP contribution in [0, 0.1) is 13.8 Å². The summed E-state index contributed by atoms with van der Waals surface area (Å²) < 4.78 is 0. The summed E-state index contributed by atoms with van der Waals surface area (Å²) in [6.45, 7) is 4.85. The molecule has 0 atom stereocenters. The van der Waals surface area contributed by atoms with Crippen molar-refractivity contribution in [1.29, 1.82) is 0 Å². The number of nitrogens with one attached hydrogen (secondary N) is 1. The first kappa shape index (κ1) is 10.5. The van der Waals surface area contributed by atoms with Crippen molar-refractivity contribution in [3.8, 4) is 0 Å². The van der Waals surface area contributed by atoms with Crippen LogP contribution < -0.4 is 5.32 Å². The van der Waals surface area contributed by atoms with Crippen LogP contribution in [0.3, 0.4) is 0 Å². The van der Waals surface area contributed by atoms with Gasteiger partial charge in [-0.25, -0.2) is 0 Å². The second kappa shape index (κ2) is 3.86. The lowest BCUT2D eigenvalue weighted by Gasteiger charge is -2.37. The summed E-state index contributed by atoms with van der Waals surface area (Å²) in [6, 6.07) is 6.36. The molecule has 0 aromatic heterocycles. The van der Waals surface area contributed by atoms with E-state index in [1.807, 2.05) is 0 Å². The molecule has 2 rings (SSSR count). The number of benzene rings is 1. The average Bonchev–Trinajstić information content (AvgIpc) is 2.17. The van der Waals surface area contributed by atoms with Crippen LogP contribution in [0.2, 0.25) is 0 Å². The molecule has 0 amide bonds. The highest BCUT2D eigenvalue weighted by molar-refractivity contribution is 5.52. The largest absolute Gasteiger partial charge is 0.388 e. The van der Waals surface area contributed by atoms with Crippen LogP contribution in [-0.4, -0.2) is 17.3 Å². The second-order valence-electron chi connectivity index (χ2n) is 4.75. The Balaban J connectivity index is 2.01. The third-order valence-electron chi connectivity index (χ3n) is 3.29. The Hall–Kier alpha value is -1.02. The normalized spacial score (nSPS) is 18.3. The Labute approximate surface area is 91.3 Å². The Kier molecular flexibility index (Phi) is 2.70. The number of rotatable bonds is 3. The SMILES string of the molecule is Cc1ccc(C)c(NCC2(O)CCC2)c1. The predicted octanol–water partition coefficient (Wildman–Crippen LogP) is 2.63. The van der Waals surface area contributed by atoms with Gasteiger partial charge in [-0.05, 0) is 50.3 Å². The molecule has 1 aromatic carbocycles. The van der Waals surface area contributed by atoms with Crippen molar-refractivity contribution >= 4 is 5.69 Å². The first-order valence-electron chi connectivity index (χ1n) is 5.63. The molecule has 2 heteroatoms. The highest BCUT2D eigenvalue weighted by Crippen LogP contribution is 2.32. The van der Waals surface area contributed by atoms with Crippen LogP contribution in [0.1, 0.15) is 30.4 Å². The highest BCUT2D eigenvalue weighted by Gasteiger charge is 2.33. The molecule has 82 valence electrons. The minimum absolute atomic E-state index is 0.448. The fourth-order valence-corrected chi connectivity index (χ4v) is 1.95. The van der Waals surface area contributed by atoms with Gasteiger partial charge in [-0.15, -0.1) is 0 Å². The van der Waals surface area contributed by atoms with Crippen LogP contribution >= 0.6 is 0 Å². The van der Waals surface area contributed by atoms with Crippen LogP contribution in [0.25, 0.3) is 0 Å². The summed E-state index contributed by atoms with van der Waals surface area (Å²) >= 11 is 0. The van der Waals surface area contributed by atoms with Crippen LogP contribution in [-0.2, 0) is 0 Å². The van der Waals surface area contributed by atoms with Gasteiger partial charge in [0.2, 0.25) is 0 Å². The zero-order valence-corrected chi connectivity index (χ0v) is 9.51. The molecule has 2 nitrogen and oxygen atoms in total. The van der Waals surface area contributed by atoms with E-state index in [2.05, 4.69) is 37.4 Å². The minimum Gasteiger partial charge on any atom is -0.388 e. The Morgan fingerprint density at radius 2 is 2.07 bits per heavy atom. The van der Waals surface area contributed by atoms with Crippen molar-refractivity contribution in [2.75, 3.05) is 11.9 Å². The third-order valence-corrected chi connectivity index (χ3v) is 3.29. The van der Waals surface area contributed by atoms with E-state index in [0.717, 1.165) is 24.9 Å². The monoisotopic (exact) mass is 205 g/mol. The Bertz CT molecular complexity index is 356. The number of hydrogen-bond acceptors (Lipinski definition) is 2. The molecule has 0 radical (unpaired) electrons. The Morgan fingerprint density at radius 1 is 1.33 bits per heavy atom. The van der Waals surface area contributed by atoms with Gasteiger partial charge < -0.3 is 10.4 Å². The number of aliphatic hydroxyl groups is 1. The minimum atomic E-state index is -0.448. The summed E-state index contributed by atoms with van der Waals surface area (Å²) in [7, 11) is 0.